The standard InChI is InChI=1S/C12H13N3O/c13-11-2-1-8-15(12(11)16)9-5-10-3-6-14-7-4-10/h1-4,6-8H,5,9,13H2. The van der Waals surface area contributed by atoms with E-state index in [0.29, 0.717) is 6.54 Å². The van der Waals surface area contributed by atoms with Crippen molar-refractivity contribution in [3.63, 3.8) is 0 Å². The summed E-state index contributed by atoms with van der Waals surface area (Å²) in [5, 5.41) is 0. The molecular weight excluding hydrogens is 202 g/mol. The molecule has 0 amide bonds. The predicted octanol–water partition coefficient (Wildman–Crippen LogP) is 1.07. The first-order valence-corrected chi connectivity index (χ1v) is 5.11. The van der Waals surface area contributed by atoms with Crippen molar-refractivity contribution in [2.75, 3.05) is 5.73 Å². The van der Waals surface area contributed by atoms with Crippen molar-refractivity contribution >= 4 is 5.69 Å². The van der Waals surface area contributed by atoms with Gasteiger partial charge in [-0.3, -0.25) is 9.78 Å². The second-order valence-corrected chi connectivity index (χ2v) is 3.57. The van der Waals surface area contributed by atoms with Crippen molar-refractivity contribution in [1.82, 2.24) is 9.55 Å². The van der Waals surface area contributed by atoms with Crippen LogP contribution in [0.1, 0.15) is 5.56 Å². The van der Waals surface area contributed by atoms with Gasteiger partial charge in [0.2, 0.25) is 0 Å². The van der Waals surface area contributed by atoms with Crippen molar-refractivity contribution in [3.8, 4) is 0 Å². The summed E-state index contributed by atoms with van der Waals surface area (Å²) in [6, 6.07) is 7.28. The van der Waals surface area contributed by atoms with Gasteiger partial charge in [-0.2, -0.15) is 0 Å². The van der Waals surface area contributed by atoms with Crippen LogP contribution in [-0.4, -0.2) is 9.55 Å². The van der Waals surface area contributed by atoms with Crippen LogP contribution in [0.2, 0.25) is 0 Å². The Kier molecular flexibility index (Phi) is 3.00. The molecule has 4 heteroatoms. The molecule has 0 aliphatic carbocycles. The van der Waals surface area contributed by atoms with E-state index in [2.05, 4.69) is 4.98 Å². The van der Waals surface area contributed by atoms with Gasteiger partial charge in [0.05, 0.1) is 5.69 Å². The minimum absolute atomic E-state index is 0.128. The first-order valence-electron chi connectivity index (χ1n) is 5.11. The van der Waals surface area contributed by atoms with Gasteiger partial charge in [0.1, 0.15) is 0 Å². The lowest BCUT2D eigenvalue weighted by molar-refractivity contribution is 0.671. The zero-order valence-electron chi connectivity index (χ0n) is 8.84. The number of aromatic nitrogens is 2. The molecular formula is C12H13N3O. The van der Waals surface area contributed by atoms with Gasteiger partial charge >= 0.3 is 0 Å². The monoisotopic (exact) mass is 215 g/mol. The van der Waals surface area contributed by atoms with Crippen LogP contribution in [0, 0.1) is 0 Å². The third kappa shape index (κ3) is 2.28. The fourth-order valence-corrected chi connectivity index (χ4v) is 1.53. The number of hydrogen-bond acceptors (Lipinski definition) is 3. The Morgan fingerprint density at radius 1 is 1.25 bits per heavy atom. The largest absolute Gasteiger partial charge is 0.394 e. The minimum Gasteiger partial charge on any atom is -0.394 e. The number of nitrogen functional groups attached to an aromatic ring is 1. The predicted molar refractivity (Wildman–Crippen MR) is 63.1 cm³/mol. The molecule has 0 aliphatic heterocycles. The van der Waals surface area contributed by atoms with Crippen LogP contribution in [0.15, 0.2) is 47.7 Å². The average molecular weight is 215 g/mol. The summed E-state index contributed by atoms with van der Waals surface area (Å²) in [6.07, 6.45) is 6.04. The molecule has 0 saturated heterocycles. The summed E-state index contributed by atoms with van der Waals surface area (Å²) in [6.45, 7) is 0.633. The number of aryl methyl sites for hydroxylation is 2. The number of anilines is 1. The molecule has 2 N–H and O–H groups in total. The van der Waals surface area contributed by atoms with E-state index < -0.39 is 0 Å². The first-order chi connectivity index (χ1) is 7.77. The highest BCUT2D eigenvalue weighted by Crippen LogP contribution is 2.00. The van der Waals surface area contributed by atoms with Gasteiger partial charge in [0.25, 0.3) is 5.56 Å². The smallest absolute Gasteiger partial charge is 0.273 e. The number of pyridine rings is 2. The first kappa shape index (κ1) is 10.4. The Balaban J connectivity index is 2.11. The van der Waals surface area contributed by atoms with Gasteiger partial charge in [-0.05, 0) is 36.2 Å². The lowest BCUT2D eigenvalue weighted by Gasteiger charge is -2.05. The van der Waals surface area contributed by atoms with Gasteiger partial charge in [-0.25, -0.2) is 0 Å². The molecule has 2 rings (SSSR count). The number of nitrogens with two attached hydrogens (primary N) is 1. The zero-order valence-corrected chi connectivity index (χ0v) is 8.84. The topological polar surface area (TPSA) is 60.9 Å². The molecule has 16 heavy (non-hydrogen) atoms. The Labute approximate surface area is 93.4 Å². The zero-order chi connectivity index (χ0) is 11.4. The van der Waals surface area contributed by atoms with Gasteiger partial charge in [0.15, 0.2) is 0 Å². The molecule has 4 nitrogen and oxygen atoms in total. The number of rotatable bonds is 3. The molecule has 0 aliphatic rings. The molecule has 82 valence electrons. The highest BCUT2D eigenvalue weighted by Gasteiger charge is 1.99. The second kappa shape index (κ2) is 4.61. The SMILES string of the molecule is Nc1cccn(CCc2ccncc2)c1=O. The summed E-state index contributed by atoms with van der Waals surface area (Å²) in [5.41, 5.74) is 6.86. The number of hydrogen-bond donors (Lipinski definition) is 1. The third-order valence-electron chi connectivity index (χ3n) is 2.44. The van der Waals surface area contributed by atoms with E-state index in [-0.39, 0.29) is 11.2 Å². The second-order valence-electron chi connectivity index (χ2n) is 3.57. The van der Waals surface area contributed by atoms with Crippen LogP contribution < -0.4 is 11.3 Å². The highest BCUT2D eigenvalue weighted by atomic mass is 16.1. The molecule has 0 spiro atoms. The van der Waals surface area contributed by atoms with Crippen molar-refractivity contribution < 1.29 is 0 Å². The van der Waals surface area contributed by atoms with E-state index in [0.717, 1.165) is 12.0 Å². The molecule has 0 saturated carbocycles. The summed E-state index contributed by atoms with van der Waals surface area (Å²) < 4.78 is 1.62. The maximum absolute atomic E-state index is 11.6. The van der Waals surface area contributed by atoms with Crippen LogP contribution in [0.3, 0.4) is 0 Å². The van der Waals surface area contributed by atoms with Crippen molar-refractivity contribution in [1.29, 1.82) is 0 Å². The van der Waals surface area contributed by atoms with Gasteiger partial charge < -0.3 is 10.3 Å². The van der Waals surface area contributed by atoms with Crippen LogP contribution >= 0.6 is 0 Å². The van der Waals surface area contributed by atoms with Crippen molar-refractivity contribution in [3.05, 3.63) is 58.8 Å². The van der Waals surface area contributed by atoms with E-state index >= 15 is 0 Å². The average Bonchev–Trinajstić information content (AvgIpc) is 2.32. The van der Waals surface area contributed by atoms with Crippen LogP contribution in [0.5, 0.6) is 0 Å². The summed E-state index contributed by atoms with van der Waals surface area (Å²) in [4.78, 5) is 15.6. The van der Waals surface area contributed by atoms with Crippen LogP contribution in [-0.2, 0) is 13.0 Å². The Morgan fingerprint density at radius 2 is 2.00 bits per heavy atom. The summed E-state index contributed by atoms with van der Waals surface area (Å²) in [7, 11) is 0. The molecule has 0 unspecified atom stereocenters. The molecule has 0 atom stereocenters. The maximum Gasteiger partial charge on any atom is 0.273 e. The normalized spacial score (nSPS) is 10.2. The van der Waals surface area contributed by atoms with E-state index in [9.17, 15) is 4.79 Å². The Hall–Kier alpha value is -2.10. The minimum atomic E-state index is -0.128. The summed E-state index contributed by atoms with van der Waals surface area (Å²) >= 11 is 0. The van der Waals surface area contributed by atoms with Crippen LogP contribution in [0.4, 0.5) is 5.69 Å². The quantitative estimate of drug-likeness (QED) is 0.833. The van der Waals surface area contributed by atoms with Crippen LogP contribution in [0.25, 0.3) is 0 Å². The Morgan fingerprint density at radius 3 is 2.75 bits per heavy atom. The lowest BCUT2D eigenvalue weighted by Crippen LogP contribution is -2.22. The summed E-state index contributed by atoms with van der Waals surface area (Å²) in [5.74, 6) is 0. The Bertz CT molecular complexity index is 519. The molecule has 0 radical (unpaired) electrons. The van der Waals surface area contributed by atoms with E-state index in [1.165, 1.54) is 0 Å². The fourth-order valence-electron chi connectivity index (χ4n) is 1.53. The molecule has 2 heterocycles. The third-order valence-corrected chi connectivity index (χ3v) is 2.44. The fraction of sp³-hybridized carbons (Fsp3) is 0.167. The molecule has 0 aromatic carbocycles. The maximum atomic E-state index is 11.6. The van der Waals surface area contributed by atoms with Gasteiger partial charge in [0, 0.05) is 25.1 Å². The van der Waals surface area contributed by atoms with E-state index in [1.54, 1.807) is 35.3 Å². The van der Waals surface area contributed by atoms with Crippen molar-refractivity contribution in [2.45, 2.75) is 13.0 Å². The number of nitrogens with zero attached hydrogens (tertiary/aromatic N) is 2. The molecule has 2 aromatic heterocycles. The van der Waals surface area contributed by atoms with E-state index in [4.69, 9.17) is 5.73 Å². The highest BCUT2D eigenvalue weighted by molar-refractivity contribution is 5.33. The molecule has 0 fully saturated rings. The van der Waals surface area contributed by atoms with Gasteiger partial charge in [-0.15, -0.1) is 0 Å². The molecule has 2 aromatic rings. The molecule has 0 bridgehead atoms. The van der Waals surface area contributed by atoms with E-state index in [1.807, 2.05) is 12.1 Å². The van der Waals surface area contributed by atoms with Gasteiger partial charge in [-0.1, -0.05) is 0 Å². The lowest BCUT2D eigenvalue weighted by atomic mass is 10.2. The van der Waals surface area contributed by atoms with Crippen molar-refractivity contribution in [2.24, 2.45) is 0 Å².